The third kappa shape index (κ3) is 8.95. The van der Waals surface area contributed by atoms with Crippen LogP contribution in [0.1, 0.15) is 32.3 Å². The van der Waals surface area contributed by atoms with Crippen LogP contribution in [-0.2, 0) is 9.59 Å². The standard InChI is InChI=1S/C37H30ClN3O3S/c1-25-12-18-30(19-13-25)40-37(44)34(27-8-4-2-5-9-27)45-32-22-20-31(21-23-32)39-36(43)33(24-26-14-16-29(38)17-15-26)41-35(42)28-10-6-3-7-11-28/h2-24,34H,1H3,(H,39,43)(H,40,44)(H,41,42)/b33-24-. The molecule has 5 aromatic rings. The number of halogens is 1. The van der Waals surface area contributed by atoms with E-state index < -0.39 is 17.1 Å². The van der Waals surface area contributed by atoms with Crippen LogP contribution in [0.4, 0.5) is 11.4 Å². The van der Waals surface area contributed by atoms with Crippen molar-refractivity contribution in [3.05, 3.63) is 166 Å². The second-order valence-electron chi connectivity index (χ2n) is 10.2. The van der Waals surface area contributed by atoms with Gasteiger partial charge in [-0.05, 0) is 84.8 Å². The SMILES string of the molecule is Cc1ccc(NC(=O)C(Sc2ccc(NC(=O)/C(=C/c3ccc(Cl)cc3)NC(=O)c3ccccc3)cc2)c2ccccc2)cc1. The van der Waals surface area contributed by atoms with Crippen LogP contribution in [0, 0.1) is 6.92 Å². The molecule has 45 heavy (non-hydrogen) atoms. The molecular formula is C37H30ClN3O3S. The molecule has 0 radical (unpaired) electrons. The van der Waals surface area contributed by atoms with Crippen molar-refractivity contribution in [3.63, 3.8) is 0 Å². The first-order chi connectivity index (χ1) is 21.8. The zero-order valence-corrected chi connectivity index (χ0v) is 25.9. The second kappa shape index (κ2) is 15.1. The summed E-state index contributed by atoms with van der Waals surface area (Å²) >= 11 is 7.44. The van der Waals surface area contributed by atoms with Crippen LogP contribution in [0.5, 0.6) is 0 Å². The van der Waals surface area contributed by atoms with Crippen LogP contribution in [0.25, 0.3) is 6.08 Å². The Balaban J connectivity index is 1.32. The Labute approximate surface area is 271 Å². The van der Waals surface area contributed by atoms with Crippen LogP contribution in [0.2, 0.25) is 5.02 Å². The van der Waals surface area contributed by atoms with Gasteiger partial charge in [0.1, 0.15) is 10.9 Å². The number of carbonyl (C=O) groups is 3. The predicted octanol–water partition coefficient (Wildman–Crippen LogP) is 8.53. The quantitative estimate of drug-likeness (QED) is 0.106. The average Bonchev–Trinajstić information content (AvgIpc) is 3.06. The maximum Gasteiger partial charge on any atom is 0.272 e. The van der Waals surface area contributed by atoms with E-state index in [-0.39, 0.29) is 11.6 Å². The maximum absolute atomic E-state index is 13.4. The fraction of sp³-hybridized carbons (Fsp3) is 0.0541. The monoisotopic (exact) mass is 631 g/mol. The molecule has 0 aliphatic rings. The number of anilines is 2. The van der Waals surface area contributed by atoms with Crippen molar-refractivity contribution in [2.75, 3.05) is 10.6 Å². The molecule has 0 spiro atoms. The van der Waals surface area contributed by atoms with Crippen molar-refractivity contribution in [1.82, 2.24) is 5.32 Å². The normalized spacial score (nSPS) is 11.7. The Morgan fingerprint density at radius 1 is 0.689 bits per heavy atom. The van der Waals surface area contributed by atoms with Crippen molar-refractivity contribution in [3.8, 4) is 0 Å². The summed E-state index contributed by atoms with van der Waals surface area (Å²) < 4.78 is 0. The summed E-state index contributed by atoms with van der Waals surface area (Å²) in [5.74, 6) is -1.04. The minimum atomic E-state index is -0.505. The molecule has 0 bridgehead atoms. The molecule has 1 atom stereocenters. The highest BCUT2D eigenvalue weighted by Gasteiger charge is 2.22. The van der Waals surface area contributed by atoms with Crippen LogP contribution in [-0.4, -0.2) is 17.7 Å². The van der Waals surface area contributed by atoms with Crippen molar-refractivity contribution >= 4 is 58.5 Å². The van der Waals surface area contributed by atoms with Gasteiger partial charge in [-0.25, -0.2) is 0 Å². The molecule has 1 unspecified atom stereocenters. The van der Waals surface area contributed by atoms with Crippen LogP contribution in [0.3, 0.4) is 0 Å². The Morgan fingerprint density at radius 2 is 1.27 bits per heavy atom. The number of nitrogens with one attached hydrogen (secondary N) is 3. The van der Waals surface area contributed by atoms with E-state index in [1.54, 1.807) is 66.7 Å². The average molecular weight is 632 g/mol. The molecule has 3 N–H and O–H groups in total. The van der Waals surface area contributed by atoms with E-state index in [1.807, 2.05) is 79.7 Å². The Bertz CT molecular complexity index is 1790. The number of rotatable bonds is 10. The number of aryl methyl sites for hydroxylation is 1. The summed E-state index contributed by atoms with van der Waals surface area (Å²) in [6.45, 7) is 2.00. The topological polar surface area (TPSA) is 87.3 Å². The molecule has 0 heterocycles. The van der Waals surface area contributed by atoms with Gasteiger partial charge in [0.2, 0.25) is 5.91 Å². The Kier molecular flexibility index (Phi) is 10.5. The summed E-state index contributed by atoms with van der Waals surface area (Å²) in [4.78, 5) is 40.6. The van der Waals surface area contributed by atoms with E-state index in [0.29, 0.717) is 21.8 Å². The highest BCUT2D eigenvalue weighted by Crippen LogP contribution is 2.36. The van der Waals surface area contributed by atoms with E-state index in [4.69, 9.17) is 11.6 Å². The number of hydrogen-bond donors (Lipinski definition) is 3. The van der Waals surface area contributed by atoms with Gasteiger partial charge >= 0.3 is 0 Å². The van der Waals surface area contributed by atoms with E-state index in [1.165, 1.54) is 11.8 Å². The molecule has 0 aliphatic heterocycles. The smallest absolute Gasteiger partial charge is 0.272 e. The minimum absolute atomic E-state index is 0.0709. The Hall–Kier alpha value is -5.11. The van der Waals surface area contributed by atoms with Crippen molar-refractivity contribution in [2.24, 2.45) is 0 Å². The molecule has 0 fully saturated rings. The Morgan fingerprint density at radius 3 is 1.91 bits per heavy atom. The zero-order valence-electron chi connectivity index (χ0n) is 24.4. The van der Waals surface area contributed by atoms with Crippen molar-refractivity contribution < 1.29 is 14.4 Å². The molecule has 5 rings (SSSR count). The van der Waals surface area contributed by atoms with Crippen molar-refractivity contribution in [1.29, 1.82) is 0 Å². The fourth-order valence-corrected chi connectivity index (χ4v) is 5.52. The third-order valence-electron chi connectivity index (χ3n) is 6.74. The highest BCUT2D eigenvalue weighted by atomic mass is 35.5. The van der Waals surface area contributed by atoms with Crippen LogP contribution in [0.15, 0.2) is 144 Å². The number of amides is 3. The molecule has 6 nitrogen and oxygen atoms in total. The van der Waals surface area contributed by atoms with E-state index in [2.05, 4.69) is 16.0 Å². The fourth-order valence-electron chi connectivity index (χ4n) is 4.36. The summed E-state index contributed by atoms with van der Waals surface area (Å²) in [7, 11) is 0. The lowest BCUT2D eigenvalue weighted by molar-refractivity contribution is -0.116. The third-order valence-corrected chi connectivity index (χ3v) is 8.25. The summed E-state index contributed by atoms with van der Waals surface area (Å²) in [5.41, 5.74) is 4.43. The minimum Gasteiger partial charge on any atom is -0.325 e. The van der Waals surface area contributed by atoms with Gasteiger partial charge in [0.15, 0.2) is 0 Å². The number of carbonyl (C=O) groups excluding carboxylic acids is 3. The molecule has 3 amide bonds. The van der Waals surface area contributed by atoms with Gasteiger partial charge in [-0.3, -0.25) is 14.4 Å². The maximum atomic E-state index is 13.4. The highest BCUT2D eigenvalue weighted by molar-refractivity contribution is 8.00. The van der Waals surface area contributed by atoms with Gasteiger partial charge < -0.3 is 16.0 Å². The largest absolute Gasteiger partial charge is 0.325 e. The molecule has 0 aromatic heterocycles. The van der Waals surface area contributed by atoms with Gasteiger partial charge in [0.25, 0.3) is 11.8 Å². The molecule has 5 aromatic carbocycles. The number of thioether (sulfide) groups is 1. The molecule has 0 aliphatic carbocycles. The summed E-state index contributed by atoms with van der Waals surface area (Å²) in [6, 6.07) is 40.1. The lowest BCUT2D eigenvalue weighted by Gasteiger charge is -2.18. The van der Waals surface area contributed by atoms with Crippen molar-refractivity contribution in [2.45, 2.75) is 17.1 Å². The van der Waals surface area contributed by atoms with E-state index in [9.17, 15) is 14.4 Å². The molecule has 0 saturated carbocycles. The van der Waals surface area contributed by atoms with E-state index >= 15 is 0 Å². The lowest BCUT2D eigenvalue weighted by Crippen LogP contribution is -2.30. The van der Waals surface area contributed by atoms with Gasteiger partial charge in [0, 0.05) is 26.9 Å². The molecule has 224 valence electrons. The van der Waals surface area contributed by atoms with Gasteiger partial charge in [-0.15, -0.1) is 11.8 Å². The van der Waals surface area contributed by atoms with Gasteiger partial charge in [0.05, 0.1) is 0 Å². The summed E-state index contributed by atoms with van der Waals surface area (Å²) in [6.07, 6.45) is 1.59. The number of benzene rings is 5. The van der Waals surface area contributed by atoms with Crippen LogP contribution < -0.4 is 16.0 Å². The first-order valence-electron chi connectivity index (χ1n) is 14.2. The zero-order chi connectivity index (χ0) is 31.6. The van der Waals surface area contributed by atoms with Gasteiger partial charge in [-0.2, -0.15) is 0 Å². The van der Waals surface area contributed by atoms with E-state index in [0.717, 1.165) is 21.7 Å². The molecule has 8 heteroatoms. The first-order valence-corrected chi connectivity index (χ1v) is 15.4. The van der Waals surface area contributed by atoms with Crippen LogP contribution >= 0.6 is 23.4 Å². The summed E-state index contributed by atoms with van der Waals surface area (Å²) in [5, 5.41) is 8.68. The van der Waals surface area contributed by atoms with Gasteiger partial charge in [-0.1, -0.05) is 90.0 Å². The molecule has 0 saturated heterocycles. The predicted molar refractivity (Wildman–Crippen MR) is 183 cm³/mol. The first kappa shape index (κ1) is 31.3. The number of hydrogen-bond acceptors (Lipinski definition) is 4. The molecular weight excluding hydrogens is 602 g/mol. The lowest BCUT2D eigenvalue weighted by atomic mass is 10.1. The second-order valence-corrected chi connectivity index (χ2v) is 11.8.